The molecule has 0 saturated heterocycles. The number of carbonyl (C=O) groups is 1. The van der Waals surface area contributed by atoms with Gasteiger partial charge in [0.25, 0.3) is 0 Å². The first-order chi connectivity index (χ1) is 10.2. The lowest BCUT2D eigenvalue weighted by Crippen LogP contribution is -2.33. The van der Waals surface area contributed by atoms with Gasteiger partial charge in [-0.1, -0.05) is 38.7 Å². The van der Waals surface area contributed by atoms with Crippen LogP contribution in [0.2, 0.25) is 0 Å². The van der Waals surface area contributed by atoms with Gasteiger partial charge >= 0.3 is 5.97 Å². The second-order valence-electron chi connectivity index (χ2n) is 6.19. The Labute approximate surface area is 131 Å². The lowest BCUT2D eigenvalue weighted by Gasteiger charge is -2.23. The van der Waals surface area contributed by atoms with Gasteiger partial charge in [-0.15, -0.1) is 11.3 Å². The topological polar surface area (TPSA) is 49.3 Å². The van der Waals surface area contributed by atoms with E-state index >= 15 is 0 Å². The summed E-state index contributed by atoms with van der Waals surface area (Å²) in [4.78, 5) is 12.3. The van der Waals surface area contributed by atoms with Gasteiger partial charge in [-0.25, -0.2) is 0 Å². The second kappa shape index (κ2) is 8.54. The van der Waals surface area contributed by atoms with E-state index in [1.54, 1.807) is 11.3 Å². The Morgan fingerprint density at radius 2 is 2.29 bits per heavy atom. The fraction of sp³-hybridized carbons (Fsp3) is 0.706. The van der Waals surface area contributed by atoms with Crippen molar-refractivity contribution in [3.8, 4) is 0 Å². The lowest BCUT2D eigenvalue weighted by atomic mass is 9.95. The molecule has 118 valence electrons. The van der Waals surface area contributed by atoms with Crippen LogP contribution in [-0.2, 0) is 4.79 Å². The standard InChI is InChI=1S/C17H27NO2S/c1-2-5-13-6-3-7-14(10-9-13)18-15(12-17(19)20)16-8-4-11-21-16/h4,8,11,13-15,18H,2-3,5-7,9-10,12H2,1H3,(H,19,20). The predicted molar refractivity (Wildman–Crippen MR) is 87.7 cm³/mol. The third-order valence-corrected chi connectivity index (χ3v) is 5.47. The molecule has 0 amide bonds. The van der Waals surface area contributed by atoms with Crippen LogP contribution in [0.3, 0.4) is 0 Å². The van der Waals surface area contributed by atoms with Gasteiger partial charge in [-0.2, -0.15) is 0 Å². The van der Waals surface area contributed by atoms with Crippen LogP contribution < -0.4 is 5.32 Å². The molecule has 1 saturated carbocycles. The Balaban J connectivity index is 1.92. The Bertz CT molecular complexity index is 418. The van der Waals surface area contributed by atoms with E-state index in [9.17, 15) is 4.79 Å². The summed E-state index contributed by atoms with van der Waals surface area (Å²) >= 11 is 1.65. The highest BCUT2D eigenvalue weighted by Crippen LogP contribution is 2.29. The van der Waals surface area contributed by atoms with Gasteiger partial charge in [0, 0.05) is 10.9 Å². The third kappa shape index (κ3) is 5.44. The summed E-state index contributed by atoms with van der Waals surface area (Å²) in [5.41, 5.74) is 0. The maximum absolute atomic E-state index is 11.1. The smallest absolute Gasteiger partial charge is 0.305 e. The monoisotopic (exact) mass is 309 g/mol. The summed E-state index contributed by atoms with van der Waals surface area (Å²) in [6.07, 6.45) is 9.07. The highest BCUT2D eigenvalue weighted by molar-refractivity contribution is 7.10. The van der Waals surface area contributed by atoms with Gasteiger partial charge in [0.15, 0.2) is 0 Å². The summed E-state index contributed by atoms with van der Waals surface area (Å²) in [6, 6.07) is 4.48. The molecule has 0 bridgehead atoms. The maximum Gasteiger partial charge on any atom is 0.305 e. The number of hydrogen-bond acceptors (Lipinski definition) is 3. The Morgan fingerprint density at radius 3 is 2.95 bits per heavy atom. The third-order valence-electron chi connectivity index (χ3n) is 4.49. The fourth-order valence-corrected chi connectivity index (χ4v) is 4.22. The number of carboxylic acids is 1. The molecule has 21 heavy (non-hydrogen) atoms. The minimum Gasteiger partial charge on any atom is -0.481 e. The van der Waals surface area contributed by atoms with E-state index in [1.165, 1.54) is 44.9 Å². The molecule has 0 aliphatic heterocycles. The molecule has 2 rings (SSSR count). The normalized spacial score (nSPS) is 24.4. The van der Waals surface area contributed by atoms with E-state index in [-0.39, 0.29) is 12.5 Å². The quantitative estimate of drug-likeness (QED) is 0.724. The molecular weight excluding hydrogens is 282 g/mol. The first-order valence-electron chi connectivity index (χ1n) is 8.20. The van der Waals surface area contributed by atoms with Crippen molar-refractivity contribution < 1.29 is 9.90 Å². The molecule has 0 spiro atoms. The summed E-state index contributed by atoms with van der Waals surface area (Å²) < 4.78 is 0. The molecule has 1 aliphatic rings. The molecule has 1 aromatic heterocycles. The molecular formula is C17H27NO2S. The molecule has 4 heteroatoms. The van der Waals surface area contributed by atoms with Crippen LogP contribution in [0.15, 0.2) is 17.5 Å². The molecule has 0 aromatic carbocycles. The van der Waals surface area contributed by atoms with Gasteiger partial charge in [0.05, 0.1) is 12.5 Å². The number of hydrogen-bond donors (Lipinski definition) is 2. The van der Waals surface area contributed by atoms with Crippen molar-refractivity contribution >= 4 is 17.3 Å². The van der Waals surface area contributed by atoms with Crippen LogP contribution in [0.5, 0.6) is 0 Å². The van der Waals surface area contributed by atoms with Gasteiger partial charge in [-0.3, -0.25) is 4.79 Å². The van der Waals surface area contributed by atoms with Gasteiger partial charge in [0.1, 0.15) is 0 Å². The molecule has 3 unspecified atom stereocenters. The highest BCUT2D eigenvalue weighted by atomic mass is 32.1. The van der Waals surface area contributed by atoms with Crippen LogP contribution in [0.4, 0.5) is 0 Å². The Kier molecular flexibility index (Phi) is 6.71. The van der Waals surface area contributed by atoms with Crippen LogP contribution in [0, 0.1) is 5.92 Å². The van der Waals surface area contributed by atoms with E-state index < -0.39 is 5.97 Å². The van der Waals surface area contributed by atoms with Crippen molar-refractivity contribution in [1.82, 2.24) is 5.32 Å². The zero-order chi connectivity index (χ0) is 15.1. The van der Waals surface area contributed by atoms with Crippen molar-refractivity contribution in [2.45, 2.75) is 70.4 Å². The lowest BCUT2D eigenvalue weighted by molar-refractivity contribution is -0.137. The van der Waals surface area contributed by atoms with Crippen molar-refractivity contribution in [2.24, 2.45) is 5.92 Å². The first-order valence-corrected chi connectivity index (χ1v) is 9.08. The van der Waals surface area contributed by atoms with Crippen molar-refractivity contribution in [1.29, 1.82) is 0 Å². The summed E-state index contributed by atoms with van der Waals surface area (Å²) in [6.45, 7) is 2.26. The van der Waals surface area contributed by atoms with Crippen LogP contribution in [-0.4, -0.2) is 17.1 Å². The fourth-order valence-electron chi connectivity index (χ4n) is 3.43. The number of carboxylic acid groups (broad SMARTS) is 1. The molecule has 1 heterocycles. The largest absolute Gasteiger partial charge is 0.481 e. The van der Waals surface area contributed by atoms with E-state index in [0.717, 1.165) is 10.8 Å². The average molecular weight is 309 g/mol. The first kappa shape index (κ1) is 16.5. The van der Waals surface area contributed by atoms with Crippen molar-refractivity contribution in [3.05, 3.63) is 22.4 Å². The van der Waals surface area contributed by atoms with Crippen LogP contribution >= 0.6 is 11.3 Å². The van der Waals surface area contributed by atoms with E-state index in [1.807, 2.05) is 17.5 Å². The minimum absolute atomic E-state index is 0.0322. The molecule has 1 aromatic rings. The predicted octanol–water partition coefficient (Wildman–Crippen LogP) is 4.60. The number of rotatable bonds is 7. The molecule has 1 aliphatic carbocycles. The van der Waals surface area contributed by atoms with Crippen LogP contribution in [0.25, 0.3) is 0 Å². The van der Waals surface area contributed by atoms with E-state index in [2.05, 4.69) is 12.2 Å². The van der Waals surface area contributed by atoms with Crippen molar-refractivity contribution in [2.75, 3.05) is 0 Å². The average Bonchev–Trinajstić information content (AvgIpc) is 2.88. The molecule has 3 nitrogen and oxygen atoms in total. The molecule has 1 fully saturated rings. The molecule has 3 atom stereocenters. The maximum atomic E-state index is 11.1. The molecule has 2 N–H and O–H groups in total. The number of aliphatic carboxylic acids is 1. The van der Waals surface area contributed by atoms with Gasteiger partial charge in [0.2, 0.25) is 0 Å². The Morgan fingerprint density at radius 1 is 1.43 bits per heavy atom. The number of nitrogens with one attached hydrogen (secondary N) is 1. The van der Waals surface area contributed by atoms with Gasteiger partial charge in [-0.05, 0) is 36.6 Å². The molecule has 0 radical (unpaired) electrons. The van der Waals surface area contributed by atoms with E-state index in [0.29, 0.717) is 6.04 Å². The summed E-state index contributed by atoms with van der Waals surface area (Å²) in [7, 11) is 0. The zero-order valence-electron chi connectivity index (χ0n) is 12.9. The Hall–Kier alpha value is -0.870. The minimum atomic E-state index is -0.724. The van der Waals surface area contributed by atoms with Crippen LogP contribution in [0.1, 0.15) is 69.2 Å². The van der Waals surface area contributed by atoms with Crippen molar-refractivity contribution in [3.63, 3.8) is 0 Å². The van der Waals surface area contributed by atoms with Gasteiger partial charge < -0.3 is 10.4 Å². The summed E-state index contributed by atoms with van der Waals surface area (Å²) in [5.74, 6) is 0.153. The SMILES string of the molecule is CCCC1CCCC(NC(CC(=O)O)c2cccs2)CC1. The van der Waals surface area contributed by atoms with E-state index in [4.69, 9.17) is 5.11 Å². The summed E-state index contributed by atoms with van der Waals surface area (Å²) in [5, 5.41) is 14.8. The highest BCUT2D eigenvalue weighted by Gasteiger charge is 2.23. The zero-order valence-corrected chi connectivity index (χ0v) is 13.7. The second-order valence-corrected chi connectivity index (χ2v) is 7.17. The number of thiophene rings is 1.